The van der Waals surface area contributed by atoms with Gasteiger partial charge in [-0.1, -0.05) is 25.0 Å². The van der Waals surface area contributed by atoms with Crippen molar-refractivity contribution < 1.29 is 0 Å². The van der Waals surface area contributed by atoms with Crippen molar-refractivity contribution in [2.45, 2.75) is 64.1 Å². The second kappa shape index (κ2) is 7.24. The lowest BCUT2D eigenvalue weighted by molar-refractivity contribution is 0.256. The van der Waals surface area contributed by atoms with Gasteiger partial charge in [0.1, 0.15) is 5.82 Å². The molecule has 0 spiro atoms. The van der Waals surface area contributed by atoms with Crippen LogP contribution in [0, 0.1) is 12.8 Å². The quantitative estimate of drug-likeness (QED) is 0.886. The number of para-hydroxylation sites is 2. The zero-order valence-corrected chi connectivity index (χ0v) is 14.8. The Hall–Kier alpha value is -1.39. The van der Waals surface area contributed by atoms with Gasteiger partial charge < -0.3 is 15.2 Å². The predicted molar refractivity (Wildman–Crippen MR) is 99.2 cm³/mol. The molecule has 2 aromatic rings. The van der Waals surface area contributed by atoms with E-state index in [0.717, 1.165) is 36.4 Å². The van der Waals surface area contributed by atoms with Crippen LogP contribution in [0.15, 0.2) is 24.3 Å². The summed E-state index contributed by atoms with van der Waals surface area (Å²) in [6, 6.07) is 9.89. The van der Waals surface area contributed by atoms with Crippen LogP contribution in [0.4, 0.5) is 0 Å². The Morgan fingerprint density at radius 3 is 2.96 bits per heavy atom. The van der Waals surface area contributed by atoms with Gasteiger partial charge >= 0.3 is 0 Å². The third-order valence-corrected chi connectivity index (χ3v) is 6.02. The third kappa shape index (κ3) is 3.22. The molecule has 4 nitrogen and oxygen atoms in total. The molecule has 1 aromatic carbocycles. The first-order valence-corrected chi connectivity index (χ1v) is 9.71. The van der Waals surface area contributed by atoms with Crippen LogP contribution < -0.4 is 10.6 Å². The first-order chi connectivity index (χ1) is 11.8. The van der Waals surface area contributed by atoms with Crippen molar-refractivity contribution in [2.24, 2.45) is 5.92 Å². The molecule has 24 heavy (non-hydrogen) atoms. The zero-order chi connectivity index (χ0) is 16.4. The molecule has 1 saturated carbocycles. The summed E-state index contributed by atoms with van der Waals surface area (Å²) in [5, 5.41) is 7.64. The highest BCUT2D eigenvalue weighted by Crippen LogP contribution is 2.31. The predicted octanol–water partition coefficient (Wildman–Crippen LogP) is 3.25. The molecule has 0 amide bonds. The summed E-state index contributed by atoms with van der Waals surface area (Å²) < 4.78 is 2.35. The normalized spacial score (nSPS) is 27.8. The van der Waals surface area contributed by atoms with Gasteiger partial charge in [-0.2, -0.15) is 0 Å². The molecule has 2 N–H and O–H groups in total. The summed E-state index contributed by atoms with van der Waals surface area (Å²) in [5.74, 6) is 1.95. The van der Waals surface area contributed by atoms with Gasteiger partial charge in [0.25, 0.3) is 0 Å². The van der Waals surface area contributed by atoms with Gasteiger partial charge in [-0.3, -0.25) is 0 Å². The number of aryl methyl sites for hydroxylation is 1. The van der Waals surface area contributed by atoms with Crippen LogP contribution in [-0.4, -0.2) is 34.7 Å². The Bertz CT molecular complexity index is 671. The number of aromatic nitrogens is 2. The highest BCUT2D eigenvalue weighted by atomic mass is 15.1. The van der Waals surface area contributed by atoms with Crippen molar-refractivity contribution in [1.29, 1.82) is 0 Å². The largest absolute Gasteiger partial charge is 0.327 e. The van der Waals surface area contributed by atoms with Crippen LogP contribution in [0.1, 0.15) is 44.3 Å². The van der Waals surface area contributed by atoms with Crippen molar-refractivity contribution in [3.63, 3.8) is 0 Å². The lowest BCUT2D eigenvalue weighted by Gasteiger charge is -2.33. The van der Waals surface area contributed by atoms with Crippen LogP contribution in [-0.2, 0) is 6.54 Å². The van der Waals surface area contributed by atoms with Crippen LogP contribution >= 0.6 is 0 Å². The topological polar surface area (TPSA) is 41.9 Å². The third-order valence-electron chi connectivity index (χ3n) is 6.02. The van der Waals surface area contributed by atoms with Crippen LogP contribution in [0.3, 0.4) is 0 Å². The Morgan fingerprint density at radius 1 is 1.17 bits per heavy atom. The molecule has 0 bridgehead atoms. The number of nitrogens with one attached hydrogen (secondary N) is 2. The van der Waals surface area contributed by atoms with Crippen molar-refractivity contribution in [3.05, 3.63) is 30.1 Å². The molecule has 3 atom stereocenters. The summed E-state index contributed by atoms with van der Waals surface area (Å²) in [7, 11) is 0. The number of hydrogen-bond donors (Lipinski definition) is 2. The number of benzene rings is 1. The fraction of sp³-hybridized carbons (Fsp3) is 0.650. The van der Waals surface area contributed by atoms with E-state index < -0.39 is 0 Å². The first kappa shape index (κ1) is 16.1. The van der Waals surface area contributed by atoms with Gasteiger partial charge in [-0.05, 0) is 57.2 Å². The molecular formula is C20H30N4. The Morgan fingerprint density at radius 2 is 2.08 bits per heavy atom. The van der Waals surface area contributed by atoms with Gasteiger partial charge in [0.2, 0.25) is 0 Å². The molecule has 2 fully saturated rings. The Labute approximate surface area is 145 Å². The van der Waals surface area contributed by atoms with Gasteiger partial charge in [-0.15, -0.1) is 0 Å². The van der Waals surface area contributed by atoms with E-state index in [0.29, 0.717) is 6.04 Å². The molecule has 1 saturated heterocycles. The molecule has 4 heteroatoms. The fourth-order valence-electron chi connectivity index (χ4n) is 4.81. The highest BCUT2D eigenvalue weighted by molar-refractivity contribution is 5.75. The summed E-state index contributed by atoms with van der Waals surface area (Å²) in [6.45, 7) is 5.38. The average molecular weight is 326 g/mol. The summed E-state index contributed by atoms with van der Waals surface area (Å²) in [6.07, 6.45) is 8.24. The molecular weight excluding hydrogens is 296 g/mol. The molecule has 130 valence electrons. The van der Waals surface area contributed by atoms with Gasteiger partial charge in [0, 0.05) is 25.2 Å². The van der Waals surface area contributed by atoms with Crippen LogP contribution in [0.25, 0.3) is 11.0 Å². The van der Waals surface area contributed by atoms with Crippen molar-refractivity contribution in [2.75, 3.05) is 13.1 Å². The van der Waals surface area contributed by atoms with Gasteiger partial charge in [0.05, 0.1) is 11.0 Å². The molecule has 0 radical (unpaired) electrons. The smallest absolute Gasteiger partial charge is 0.106 e. The van der Waals surface area contributed by atoms with E-state index in [-0.39, 0.29) is 0 Å². The highest BCUT2D eigenvalue weighted by Gasteiger charge is 2.33. The fourth-order valence-corrected chi connectivity index (χ4v) is 4.81. The molecule has 1 aliphatic carbocycles. The number of rotatable bonds is 5. The molecule has 2 heterocycles. The first-order valence-electron chi connectivity index (χ1n) is 9.71. The van der Waals surface area contributed by atoms with E-state index in [2.05, 4.69) is 51.4 Å². The van der Waals surface area contributed by atoms with E-state index in [1.54, 1.807) is 0 Å². The second-order valence-corrected chi connectivity index (χ2v) is 7.51. The number of imidazole rings is 1. The number of nitrogens with zero attached hydrogens (tertiary/aromatic N) is 2. The van der Waals surface area contributed by atoms with E-state index in [1.807, 2.05) is 0 Å². The molecule has 1 aliphatic heterocycles. The second-order valence-electron chi connectivity index (χ2n) is 7.51. The minimum atomic E-state index is 0.690. The summed E-state index contributed by atoms with van der Waals surface area (Å²) >= 11 is 0. The summed E-state index contributed by atoms with van der Waals surface area (Å²) in [5.41, 5.74) is 2.37. The lowest BCUT2D eigenvalue weighted by Crippen LogP contribution is -2.47. The van der Waals surface area contributed by atoms with Crippen LogP contribution in [0.5, 0.6) is 0 Å². The summed E-state index contributed by atoms with van der Waals surface area (Å²) in [4.78, 5) is 4.68. The minimum Gasteiger partial charge on any atom is -0.327 e. The molecule has 4 rings (SSSR count). The van der Waals surface area contributed by atoms with Gasteiger partial charge in [0.15, 0.2) is 0 Å². The number of piperidine rings is 1. The van der Waals surface area contributed by atoms with E-state index in [4.69, 9.17) is 0 Å². The number of hydrogen-bond acceptors (Lipinski definition) is 3. The van der Waals surface area contributed by atoms with E-state index in [9.17, 15) is 0 Å². The van der Waals surface area contributed by atoms with Crippen molar-refractivity contribution in [3.8, 4) is 0 Å². The maximum atomic E-state index is 4.68. The van der Waals surface area contributed by atoms with E-state index >= 15 is 0 Å². The molecule has 1 aromatic heterocycles. The van der Waals surface area contributed by atoms with Crippen molar-refractivity contribution in [1.82, 2.24) is 20.2 Å². The monoisotopic (exact) mass is 326 g/mol. The van der Waals surface area contributed by atoms with Gasteiger partial charge in [-0.25, -0.2) is 4.98 Å². The standard InChI is InChI=1S/C20H30N4/c1-15-23-19-9-2-3-11-20(19)24(15)14-13-22-18-10-6-7-16(18)17-8-4-5-12-21-17/h2-3,9,11,16-18,21-22H,4-8,10,12-14H2,1H3. The maximum Gasteiger partial charge on any atom is 0.106 e. The average Bonchev–Trinajstić information content (AvgIpc) is 3.20. The zero-order valence-electron chi connectivity index (χ0n) is 14.8. The lowest BCUT2D eigenvalue weighted by atomic mass is 9.88. The molecule has 3 unspecified atom stereocenters. The maximum absolute atomic E-state index is 4.68. The minimum absolute atomic E-state index is 0.690. The Kier molecular flexibility index (Phi) is 4.86. The SMILES string of the molecule is Cc1nc2ccccc2n1CCNC1CCCC1C1CCCCN1. The van der Waals surface area contributed by atoms with Crippen LogP contribution in [0.2, 0.25) is 0 Å². The molecule has 2 aliphatic rings. The number of fused-ring (bicyclic) bond motifs is 1. The van der Waals surface area contributed by atoms with Crippen molar-refractivity contribution >= 4 is 11.0 Å². The Balaban J connectivity index is 1.37. The van der Waals surface area contributed by atoms with E-state index in [1.165, 1.54) is 50.6 Å².